The minimum Gasteiger partial charge on any atom is -0.324 e. The van der Waals surface area contributed by atoms with Crippen LogP contribution in [-0.2, 0) is 16.0 Å². The van der Waals surface area contributed by atoms with Gasteiger partial charge in [-0.15, -0.1) is 0 Å². The van der Waals surface area contributed by atoms with Crippen LogP contribution in [0.4, 0.5) is 11.4 Å². The number of amides is 2. The molecule has 136 valence electrons. The van der Waals surface area contributed by atoms with E-state index in [1.54, 1.807) is 17.0 Å². The number of benzene rings is 2. The second-order valence-corrected chi connectivity index (χ2v) is 7.05. The lowest BCUT2D eigenvalue weighted by molar-refractivity contribution is -0.122. The molecular formula is C21H23ClN2O2. The third-order valence-corrected chi connectivity index (χ3v) is 5.02. The van der Waals surface area contributed by atoms with Gasteiger partial charge in [0.1, 0.15) is 0 Å². The second kappa shape index (κ2) is 8.37. The summed E-state index contributed by atoms with van der Waals surface area (Å²) in [5.74, 6) is -0.572. The van der Waals surface area contributed by atoms with Crippen LogP contribution in [-0.4, -0.2) is 18.4 Å². The fraction of sp³-hybridized carbons (Fsp3) is 0.333. The number of hydrogen-bond donors (Lipinski definition) is 1. The van der Waals surface area contributed by atoms with E-state index in [0.29, 0.717) is 17.3 Å². The number of para-hydroxylation sites is 1. The molecule has 0 unspecified atom stereocenters. The van der Waals surface area contributed by atoms with Crippen LogP contribution < -0.4 is 10.2 Å². The lowest BCUT2D eigenvalue weighted by atomic mass is 10.1. The molecule has 1 saturated heterocycles. The molecule has 3 rings (SSSR count). The topological polar surface area (TPSA) is 49.4 Å². The maximum Gasteiger partial charge on any atom is 0.229 e. The van der Waals surface area contributed by atoms with Crippen LogP contribution in [0.25, 0.3) is 0 Å². The lowest BCUT2D eigenvalue weighted by Crippen LogP contribution is -2.28. The summed E-state index contributed by atoms with van der Waals surface area (Å²) >= 11 is 6.09. The Morgan fingerprint density at radius 1 is 1.19 bits per heavy atom. The summed E-state index contributed by atoms with van der Waals surface area (Å²) in [5, 5.41) is 3.32. The number of anilines is 2. The average molecular weight is 371 g/mol. The first-order valence-electron chi connectivity index (χ1n) is 9.03. The van der Waals surface area contributed by atoms with Crippen molar-refractivity contribution in [3.8, 4) is 0 Å². The summed E-state index contributed by atoms with van der Waals surface area (Å²) in [4.78, 5) is 26.6. The predicted octanol–water partition coefficient (Wildman–Crippen LogP) is 4.67. The molecule has 26 heavy (non-hydrogen) atoms. The Kier molecular flexibility index (Phi) is 5.94. The number of rotatable bonds is 6. The molecule has 2 amide bonds. The van der Waals surface area contributed by atoms with E-state index < -0.39 is 0 Å². The quantitative estimate of drug-likeness (QED) is 0.802. The monoisotopic (exact) mass is 370 g/mol. The van der Waals surface area contributed by atoms with Gasteiger partial charge in [-0.2, -0.15) is 0 Å². The highest BCUT2D eigenvalue weighted by Gasteiger charge is 2.35. The average Bonchev–Trinajstić information content (AvgIpc) is 3.04. The van der Waals surface area contributed by atoms with Crippen LogP contribution in [0.15, 0.2) is 48.5 Å². The first-order valence-corrected chi connectivity index (χ1v) is 9.41. The normalized spacial score (nSPS) is 16.8. The van der Waals surface area contributed by atoms with Crippen LogP contribution in [0.3, 0.4) is 0 Å². The van der Waals surface area contributed by atoms with E-state index in [1.807, 2.05) is 24.3 Å². The highest BCUT2D eigenvalue weighted by atomic mass is 35.5. The van der Waals surface area contributed by atoms with E-state index in [0.717, 1.165) is 24.9 Å². The SMILES string of the molecule is CCCCc1ccc(N2C[C@@H](C(=O)Nc3ccccc3Cl)CC2=O)cc1. The molecule has 1 aliphatic rings. The zero-order chi connectivity index (χ0) is 18.5. The number of carbonyl (C=O) groups is 2. The standard InChI is InChI=1S/C21H23ClN2O2/c1-2-3-6-15-9-11-17(12-10-15)24-14-16(13-20(24)25)21(26)23-19-8-5-4-7-18(19)22/h4-5,7-12,16H,2-3,6,13-14H2,1H3,(H,23,26)/t16-/m0/s1. The first-order chi connectivity index (χ1) is 12.6. The van der Waals surface area contributed by atoms with Crippen LogP contribution in [0.1, 0.15) is 31.7 Å². The van der Waals surface area contributed by atoms with Crippen molar-refractivity contribution >= 4 is 34.8 Å². The molecule has 2 aromatic rings. The van der Waals surface area contributed by atoms with Gasteiger partial charge in [-0.3, -0.25) is 9.59 Å². The third kappa shape index (κ3) is 4.25. The minimum absolute atomic E-state index is 0.0226. The van der Waals surface area contributed by atoms with E-state index in [9.17, 15) is 9.59 Å². The summed E-state index contributed by atoms with van der Waals surface area (Å²) in [6.45, 7) is 2.56. The molecule has 4 nitrogen and oxygen atoms in total. The van der Waals surface area contributed by atoms with Crippen LogP contribution in [0.2, 0.25) is 5.02 Å². The van der Waals surface area contributed by atoms with Gasteiger partial charge in [0.2, 0.25) is 11.8 Å². The molecule has 2 aromatic carbocycles. The first kappa shape index (κ1) is 18.5. The van der Waals surface area contributed by atoms with Crippen molar-refractivity contribution < 1.29 is 9.59 Å². The minimum atomic E-state index is -0.376. The summed E-state index contributed by atoms with van der Waals surface area (Å²) in [7, 11) is 0. The van der Waals surface area contributed by atoms with E-state index in [4.69, 9.17) is 11.6 Å². The highest BCUT2D eigenvalue weighted by Crippen LogP contribution is 2.28. The van der Waals surface area contributed by atoms with Crippen molar-refractivity contribution in [1.29, 1.82) is 0 Å². The smallest absolute Gasteiger partial charge is 0.229 e. The molecule has 0 aliphatic carbocycles. The Morgan fingerprint density at radius 2 is 1.92 bits per heavy atom. The Labute approximate surface area is 159 Å². The number of aryl methyl sites for hydroxylation is 1. The van der Waals surface area contributed by atoms with Crippen molar-refractivity contribution in [2.24, 2.45) is 5.92 Å². The summed E-state index contributed by atoms with van der Waals surface area (Å²) in [6, 6.07) is 15.2. The molecule has 1 fully saturated rings. The van der Waals surface area contributed by atoms with Gasteiger partial charge in [0.05, 0.1) is 16.6 Å². The summed E-state index contributed by atoms with van der Waals surface area (Å²) in [5.41, 5.74) is 2.70. The second-order valence-electron chi connectivity index (χ2n) is 6.64. The Morgan fingerprint density at radius 3 is 2.62 bits per heavy atom. The van der Waals surface area contributed by atoms with Crippen molar-refractivity contribution in [2.75, 3.05) is 16.8 Å². The predicted molar refractivity (Wildman–Crippen MR) is 106 cm³/mol. The number of halogens is 1. The molecule has 0 saturated carbocycles. The van der Waals surface area contributed by atoms with Gasteiger partial charge in [0, 0.05) is 18.7 Å². The van der Waals surface area contributed by atoms with Gasteiger partial charge in [-0.1, -0.05) is 49.2 Å². The number of nitrogens with one attached hydrogen (secondary N) is 1. The van der Waals surface area contributed by atoms with E-state index in [-0.39, 0.29) is 24.2 Å². The van der Waals surface area contributed by atoms with Crippen LogP contribution in [0, 0.1) is 5.92 Å². The molecule has 1 aliphatic heterocycles. The fourth-order valence-electron chi connectivity index (χ4n) is 3.15. The van der Waals surface area contributed by atoms with E-state index >= 15 is 0 Å². The van der Waals surface area contributed by atoms with Crippen LogP contribution in [0.5, 0.6) is 0 Å². The van der Waals surface area contributed by atoms with Gasteiger partial charge in [-0.05, 0) is 42.7 Å². The summed E-state index contributed by atoms with van der Waals surface area (Å²) in [6.07, 6.45) is 3.59. The molecule has 0 radical (unpaired) electrons. The Balaban J connectivity index is 1.64. The maximum absolute atomic E-state index is 12.5. The number of hydrogen-bond acceptors (Lipinski definition) is 2. The van der Waals surface area contributed by atoms with Crippen molar-refractivity contribution in [1.82, 2.24) is 0 Å². The molecule has 0 spiro atoms. The maximum atomic E-state index is 12.5. The van der Waals surface area contributed by atoms with Gasteiger partial charge < -0.3 is 10.2 Å². The summed E-state index contributed by atoms with van der Waals surface area (Å²) < 4.78 is 0. The van der Waals surface area contributed by atoms with E-state index in [1.165, 1.54) is 5.56 Å². The Hall–Kier alpha value is -2.33. The molecule has 1 atom stereocenters. The third-order valence-electron chi connectivity index (χ3n) is 4.69. The highest BCUT2D eigenvalue weighted by molar-refractivity contribution is 6.33. The molecule has 0 aromatic heterocycles. The molecular weight excluding hydrogens is 348 g/mol. The van der Waals surface area contributed by atoms with Crippen molar-refractivity contribution in [3.63, 3.8) is 0 Å². The number of unbranched alkanes of at least 4 members (excludes halogenated alkanes) is 1. The van der Waals surface area contributed by atoms with Gasteiger partial charge in [0.25, 0.3) is 0 Å². The molecule has 0 bridgehead atoms. The Bertz CT molecular complexity index is 789. The van der Waals surface area contributed by atoms with E-state index in [2.05, 4.69) is 24.4 Å². The molecule has 1 heterocycles. The van der Waals surface area contributed by atoms with Crippen LogP contribution >= 0.6 is 11.6 Å². The zero-order valence-corrected chi connectivity index (χ0v) is 15.6. The largest absolute Gasteiger partial charge is 0.324 e. The van der Waals surface area contributed by atoms with Gasteiger partial charge in [0.15, 0.2) is 0 Å². The fourth-order valence-corrected chi connectivity index (χ4v) is 3.34. The number of carbonyl (C=O) groups excluding carboxylic acids is 2. The molecule has 5 heteroatoms. The number of nitrogens with zero attached hydrogens (tertiary/aromatic N) is 1. The van der Waals surface area contributed by atoms with Crippen molar-refractivity contribution in [3.05, 3.63) is 59.1 Å². The lowest BCUT2D eigenvalue weighted by Gasteiger charge is -2.17. The van der Waals surface area contributed by atoms with Gasteiger partial charge >= 0.3 is 0 Å². The van der Waals surface area contributed by atoms with Crippen molar-refractivity contribution in [2.45, 2.75) is 32.6 Å². The van der Waals surface area contributed by atoms with Gasteiger partial charge in [-0.25, -0.2) is 0 Å². The zero-order valence-electron chi connectivity index (χ0n) is 14.9. The molecule has 1 N–H and O–H groups in total.